The van der Waals surface area contributed by atoms with E-state index in [4.69, 9.17) is 10.8 Å². The van der Waals surface area contributed by atoms with Gasteiger partial charge in [0, 0.05) is 6.04 Å². The van der Waals surface area contributed by atoms with Crippen LogP contribution in [0.4, 0.5) is 9.59 Å². The van der Waals surface area contributed by atoms with Gasteiger partial charge in [-0.1, -0.05) is 0 Å². The third kappa shape index (κ3) is 4.86. The van der Waals surface area contributed by atoms with E-state index in [1.54, 1.807) is 0 Å². The molecule has 0 radical (unpaired) electrons. The number of carbonyl (C=O) groups excluding carboxylic acids is 1. The number of carbonyl (C=O) groups is 2. The van der Waals surface area contributed by atoms with Crippen molar-refractivity contribution in [3.63, 3.8) is 0 Å². The van der Waals surface area contributed by atoms with Gasteiger partial charge in [0.05, 0.1) is 0 Å². The minimum atomic E-state index is -0.894. The first kappa shape index (κ1) is 12.6. The Morgan fingerprint density at radius 1 is 1.19 bits per heavy atom. The van der Waals surface area contributed by atoms with Crippen LogP contribution in [0.3, 0.4) is 0 Å². The molecule has 2 saturated carbocycles. The second-order valence-electron chi connectivity index (χ2n) is 4.07. The highest BCUT2D eigenvalue weighted by Gasteiger charge is 2.19. The van der Waals surface area contributed by atoms with Crippen molar-refractivity contribution in [3.8, 4) is 0 Å². The van der Waals surface area contributed by atoms with Gasteiger partial charge in [-0.3, -0.25) is 0 Å². The van der Waals surface area contributed by atoms with Gasteiger partial charge in [-0.05, 0) is 38.5 Å². The molecule has 0 spiro atoms. The minimum Gasteiger partial charge on any atom is -0.465 e. The number of hydrogen-bond acceptors (Lipinski definition) is 3. The largest absolute Gasteiger partial charge is 0.465 e. The van der Waals surface area contributed by atoms with Crippen LogP contribution in [0.5, 0.6) is 0 Å². The molecule has 2 amide bonds. The zero-order chi connectivity index (χ0) is 12.0. The van der Waals surface area contributed by atoms with Gasteiger partial charge in [0.15, 0.2) is 0 Å². The van der Waals surface area contributed by atoms with E-state index < -0.39 is 12.2 Å². The molecular formula is C10H18N2O4. The Labute approximate surface area is 94.1 Å². The zero-order valence-corrected chi connectivity index (χ0v) is 9.15. The van der Waals surface area contributed by atoms with Crippen LogP contribution < -0.4 is 11.1 Å². The van der Waals surface area contributed by atoms with E-state index in [1.807, 2.05) is 0 Å². The summed E-state index contributed by atoms with van der Waals surface area (Å²) in [6.07, 6.45) is 4.95. The number of amides is 2. The molecule has 0 saturated heterocycles. The Morgan fingerprint density at radius 3 is 1.88 bits per heavy atom. The molecule has 2 fully saturated rings. The molecule has 0 unspecified atom stereocenters. The summed E-state index contributed by atoms with van der Waals surface area (Å²) in [5.41, 5.74) is 4.74. The summed E-state index contributed by atoms with van der Waals surface area (Å²) in [5, 5.41) is 10.5. The van der Waals surface area contributed by atoms with Gasteiger partial charge >= 0.3 is 12.2 Å². The average Bonchev–Trinajstić information content (AvgIpc) is 2.05. The number of nitrogens with one attached hydrogen (secondary N) is 1. The highest BCUT2D eigenvalue weighted by atomic mass is 16.6. The van der Waals surface area contributed by atoms with E-state index in [0.29, 0.717) is 0 Å². The Hall–Kier alpha value is -1.46. The molecule has 6 nitrogen and oxygen atoms in total. The van der Waals surface area contributed by atoms with Crippen molar-refractivity contribution in [2.45, 2.75) is 50.7 Å². The molecule has 0 atom stereocenters. The van der Waals surface area contributed by atoms with Crippen molar-refractivity contribution in [2.75, 3.05) is 0 Å². The van der Waals surface area contributed by atoms with Gasteiger partial charge < -0.3 is 20.9 Å². The lowest BCUT2D eigenvalue weighted by Crippen LogP contribution is -2.38. The molecule has 6 heteroatoms. The lowest BCUT2D eigenvalue weighted by Gasteiger charge is -2.24. The Morgan fingerprint density at radius 2 is 1.75 bits per heavy atom. The van der Waals surface area contributed by atoms with E-state index in [9.17, 15) is 9.59 Å². The Balaban J connectivity index is 0.000000160. The molecule has 0 bridgehead atoms. The monoisotopic (exact) mass is 230 g/mol. The van der Waals surface area contributed by atoms with Crippen molar-refractivity contribution >= 4 is 12.2 Å². The van der Waals surface area contributed by atoms with E-state index in [0.717, 1.165) is 32.1 Å². The van der Waals surface area contributed by atoms with Crippen LogP contribution in [0.25, 0.3) is 0 Å². The fourth-order valence-corrected chi connectivity index (χ4v) is 1.38. The predicted octanol–water partition coefficient (Wildman–Crippen LogP) is 1.44. The maximum atomic E-state index is 10.0. The SMILES string of the molecule is NC(=O)OC1CCC1.O=C(O)NC1CCC1. The normalized spacial score (nSPS) is 19.5. The van der Waals surface area contributed by atoms with E-state index in [2.05, 4.69) is 10.1 Å². The van der Waals surface area contributed by atoms with Crippen molar-refractivity contribution < 1.29 is 19.4 Å². The van der Waals surface area contributed by atoms with Crippen molar-refractivity contribution in [3.05, 3.63) is 0 Å². The molecule has 2 aliphatic carbocycles. The fraction of sp³-hybridized carbons (Fsp3) is 0.800. The molecular weight excluding hydrogens is 212 g/mol. The number of primary amides is 1. The molecule has 4 N–H and O–H groups in total. The first-order valence-electron chi connectivity index (χ1n) is 5.53. The van der Waals surface area contributed by atoms with E-state index in [1.165, 1.54) is 6.42 Å². The van der Waals surface area contributed by atoms with Crippen molar-refractivity contribution in [1.82, 2.24) is 5.32 Å². The zero-order valence-electron chi connectivity index (χ0n) is 9.15. The third-order valence-electron chi connectivity index (χ3n) is 2.77. The van der Waals surface area contributed by atoms with Crippen LogP contribution in [0.1, 0.15) is 38.5 Å². The van der Waals surface area contributed by atoms with Crippen molar-refractivity contribution in [2.24, 2.45) is 5.73 Å². The standard InChI is InChI=1S/2C5H9NO2/c6-5(7)8-4-2-1-3-4;7-5(8)6-4-2-1-3-4/h4H,1-3H2,(H2,6,7);4,6H,1-3H2,(H,7,8). The quantitative estimate of drug-likeness (QED) is 0.668. The summed E-state index contributed by atoms with van der Waals surface area (Å²) >= 11 is 0. The molecule has 0 aromatic carbocycles. The van der Waals surface area contributed by atoms with Gasteiger partial charge in [0.2, 0.25) is 0 Å². The average molecular weight is 230 g/mol. The molecule has 2 aliphatic rings. The minimum absolute atomic E-state index is 0.132. The first-order valence-corrected chi connectivity index (χ1v) is 5.53. The van der Waals surface area contributed by atoms with Crippen LogP contribution in [0, 0.1) is 0 Å². The smallest absolute Gasteiger partial charge is 0.404 e. The van der Waals surface area contributed by atoms with Crippen LogP contribution in [-0.4, -0.2) is 29.4 Å². The molecule has 92 valence electrons. The summed E-state index contributed by atoms with van der Waals surface area (Å²) in [6.45, 7) is 0. The summed E-state index contributed by atoms with van der Waals surface area (Å²) in [4.78, 5) is 19.9. The predicted molar refractivity (Wildman–Crippen MR) is 57.1 cm³/mol. The summed E-state index contributed by atoms with van der Waals surface area (Å²) in [5.74, 6) is 0. The molecule has 0 aliphatic heterocycles. The first-order chi connectivity index (χ1) is 7.58. The second-order valence-corrected chi connectivity index (χ2v) is 4.07. The third-order valence-corrected chi connectivity index (χ3v) is 2.77. The highest BCUT2D eigenvalue weighted by molar-refractivity contribution is 5.65. The van der Waals surface area contributed by atoms with Gasteiger partial charge in [-0.2, -0.15) is 0 Å². The summed E-state index contributed by atoms with van der Waals surface area (Å²) in [7, 11) is 0. The van der Waals surface area contributed by atoms with Crippen molar-refractivity contribution in [1.29, 1.82) is 0 Å². The van der Waals surface area contributed by atoms with Gasteiger partial charge in [0.1, 0.15) is 6.10 Å². The molecule has 0 heterocycles. The van der Waals surface area contributed by atoms with Crippen LogP contribution in [-0.2, 0) is 4.74 Å². The molecule has 0 aromatic heterocycles. The van der Waals surface area contributed by atoms with Crippen LogP contribution >= 0.6 is 0 Å². The fourth-order valence-electron chi connectivity index (χ4n) is 1.38. The lowest BCUT2D eigenvalue weighted by molar-refractivity contribution is 0.0591. The van der Waals surface area contributed by atoms with Gasteiger partial charge in [-0.25, -0.2) is 9.59 Å². The molecule has 0 aromatic rings. The lowest BCUT2D eigenvalue weighted by atomic mass is 9.93. The van der Waals surface area contributed by atoms with Crippen LogP contribution in [0.15, 0.2) is 0 Å². The maximum Gasteiger partial charge on any atom is 0.404 e. The van der Waals surface area contributed by atoms with Crippen LogP contribution in [0.2, 0.25) is 0 Å². The van der Waals surface area contributed by atoms with E-state index in [-0.39, 0.29) is 12.1 Å². The Kier molecular flexibility index (Phi) is 4.88. The summed E-state index contributed by atoms with van der Waals surface area (Å²) in [6, 6.07) is 0.257. The second kappa shape index (κ2) is 6.19. The number of nitrogens with two attached hydrogens (primary N) is 1. The topological polar surface area (TPSA) is 102 Å². The molecule has 2 rings (SSSR count). The van der Waals surface area contributed by atoms with E-state index >= 15 is 0 Å². The number of rotatable bonds is 2. The van der Waals surface area contributed by atoms with Gasteiger partial charge in [0.25, 0.3) is 0 Å². The highest BCUT2D eigenvalue weighted by Crippen LogP contribution is 2.21. The summed E-state index contributed by atoms with van der Waals surface area (Å²) < 4.78 is 4.62. The molecule has 16 heavy (non-hydrogen) atoms. The van der Waals surface area contributed by atoms with Gasteiger partial charge in [-0.15, -0.1) is 0 Å². The number of ether oxygens (including phenoxy) is 1. The maximum absolute atomic E-state index is 10.0. The number of hydrogen-bond donors (Lipinski definition) is 3. The Bertz CT molecular complexity index is 223. The number of carboxylic acid groups (broad SMARTS) is 1.